The number of rotatable bonds is 7. The highest BCUT2D eigenvalue weighted by Crippen LogP contribution is 2.29. The summed E-state index contributed by atoms with van der Waals surface area (Å²) < 4.78 is 7.54. The van der Waals surface area contributed by atoms with Crippen LogP contribution in [0.3, 0.4) is 0 Å². The van der Waals surface area contributed by atoms with Gasteiger partial charge in [-0.1, -0.05) is 6.92 Å². The monoisotopic (exact) mass is 280 g/mol. The molecule has 0 bridgehead atoms. The number of ether oxygens (including phenoxy) is 1. The Morgan fingerprint density at radius 3 is 3.05 bits per heavy atom. The number of aryl methyl sites for hydroxylation is 2. The molecule has 1 N–H and O–H groups in total. The van der Waals surface area contributed by atoms with Crippen molar-refractivity contribution in [2.75, 3.05) is 6.61 Å². The number of imidazole rings is 1. The Morgan fingerprint density at radius 1 is 1.58 bits per heavy atom. The molecule has 2 rings (SSSR count). The van der Waals surface area contributed by atoms with Gasteiger partial charge in [-0.15, -0.1) is 11.3 Å². The summed E-state index contributed by atoms with van der Waals surface area (Å²) in [5.74, 6) is -0.436. The highest BCUT2D eigenvalue weighted by atomic mass is 32.1. The topological polar surface area (TPSA) is 64.4 Å². The second-order valence-corrected chi connectivity index (χ2v) is 5.20. The molecule has 0 aliphatic rings. The van der Waals surface area contributed by atoms with Crippen molar-refractivity contribution in [1.82, 2.24) is 9.55 Å². The lowest BCUT2D eigenvalue weighted by atomic mass is 10.3. The highest BCUT2D eigenvalue weighted by molar-refractivity contribution is 7.14. The number of hydrogen-bond acceptors (Lipinski definition) is 4. The summed E-state index contributed by atoms with van der Waals surface area (Å²) >= 11 is 1.28. The predicted octanol–water partition coefficient (Wildman–Crippen LogP) is 2.67. The molecular formula is C13H16N2O3S. The average Bonchev–Trinajstić information content (AvgIpc) is 3.03. The van der Waals surface area contributed by atoms with Gasteiger partial charge in [-0.25, -0.2) is 9.78 Å². The van der Waals surface area contributed by atoms with Crippen LogP contribution in [0.25, 0.3) is 0 Å². The zero-order valence-electron chi connectivity index (χ0n) is 10.7. The van der Waals surface area contributed by atoms with Gasteiger partial charge in [-0.05, 0) is 18.9 Å². The highest BCUT2D eigenvalue weighted by Gasteiger charge is 2.15. The third kappa shape index (κ3) is 3.57. The molecule has 0 atom stereocenters. The van der Waals surface area contributed by atoms with Crippen LogP contribution >= 0.6 is 11.3 Å². The molecule has 0 unspecified atom stereocenters. The summed E-state index contributed by atoms with van der Waals surface area (Å²) in [6.45, 7) is 3.31. The smallest absolute Gasteiger partial charge is 0.349 e. The van der Waals surface area contributed by atoms with Crippen LogP contribution < -0.4 is 4.74 Å². The zero-order chi connectivity index (χ0) is 13.7. The normalized spacial score (nSPS) is 10.6. The quantitative estimate of drug-likeness (QED) is 0.792. The predicted molar refractivity (Wildman–Crippen MR) is 73.0 cm³/mol. The number of aromatic carboxylic acids is 1. The van der Waals surface area contributed by atoms with Crippen molar-refractivity contribution in [1.29, 1.82) is 0 Å². The van der Waals surface area contributed by atoms with E-state index in [4.69, 9.17) is 9.84 Å². The maximum absolute atomic E-state index is 11.1. The van der Waals surface area contributed by atoms with Gasteiger partial charge in [0.25, 0.3) is 0 Å². The number of aromatic nitrogens is 2. The SMILES string of the molecule is CCc1cc(OCCCn2ccnc2)c(C(=O)O)s1. The molecule has 2 heterocycles. The van der Waals surface area contributed by atoms with Crippen LogP contribution in [0.5, 0.6) is 5.75 Å². The van der Waals surface area contributed by atoms with E-state index in [0.29, 0.717) is 17.2 Å². The molecule has 0 spiro atoms. The fraction of sp³-hybridized carbons (Fsp3) is 0.385. The first-order chi connectivity index (χ1) is 9.20. The molecule has 0 aliphatic heterocycles. The second kappa shape index (κ2) is 6.38. The number of carboxylic acid groups (broad SMARTS) is 1. The van der Waals surface area contributed by atoms with Crippen LogP contribution in [-0.2, 0) is 13.0 Å². The largest absolute Gasteiger partial charge is 0.492 e. The minimum atomic E-state index is -0.922. The fourth-order valence-electron chi connectivity index (χ4n) is 1.70. The molecular weight excluding hydrogens is 264 g/mol. The van der Waals surface area contributed by atoms with E-state index < -0.39 is 5.97 Å². The Hall–Kier alpha value is -1.82. The first-order valence-corrected chi connectivity index (χ1v) is 6.97. The van der Waals surface area contributed by atoms with Gasteiger partial charge >= 0.3 is 5.97 Å². The van der Waals surface area contributed by atoms with Crippen molar-refractivity contribution in [3.8, 4) is 5.75 Å². The molecule has 0 amide bonds. The van der Waals surface area contributed by atoms with Crippen molar-refractivity contribution in [3.05, 3.63) is 34.5 Å². The Labute approximate surface area is 115 Å². The van der Waals surface area contributed by atoms with Crippen LogP contribution in [0.15, 0.2) is 24.8 Å². The van der Waals surface area contributed by atoms with Crippen molar-refractivity contribution in [3.63, 3.8) is 0 Å². The van der Waals surface area contributed by atoms with Crippen molar-refractivity contribution in [2.45, 2.75) is 26.3 Å². The van der Waals surface area contributed by atoms with Gasteiger partial charge in [0.15, 0.2) is 4.88 Å². The molecule has 6 heteroatoms. The maximum Gasteiger partial charge on any atom is 0.349 e. The van der Waals surface area contributed by atoms with Gasteiger partial charge in [-0.2, -0.15) is 0 Å². The standard InChI is InChI=1S/C13H16N2O3S/c1-2-10-8-11(12(19-10)13(16)17)18-7-3-5-15-6-4-14-9-15/h4,6,8-9H,2-3,5,7H2,1H3,(H,16,17). The van der Waals surface area contributed by atoms with Crippen LogP contribution in [0, 0.1) is 0 Å². The fourth-order valence-corrected chi connectivity index (χ4v) is 2.58. The first-order valence-electron chi connectivity index (χ1n) is 6.15. The maximum atomic E-state index is 11.1. The summed E-state index contributed by atoms with van der Waals surface area (Å²) in [5.41, 5.74) is 0. The molecule has 0 radical (unpaired) electrons. The van der Waals surface area contributed by atoms with Gasteiger partial charge in [-0.3, -0.25) is 0 Å². The minimum Gasteiger partial charge on any atom is -0.492 e. The molecule has 0 saturated heterocycles. The Bertz CT molecular complexity index is 534. The number of hydrogen-bond donors (Lipinski definition) is 1. The molecule has 0 aromatic carbocycles. The zero-order valence-corrected chi connectivity index (χ0v) is 11.5. The van der Waals surface area contributed by atoms with E-state index in [2.05, 4.69) is 4.98 Å². The molecule has 2 aromatic rings. The second-order valence-electron chi connectivity index (χ2n) is 4.07. The summed E-state index contributed by atoms with van der Waals surface area (Å²) in [6, 6.07) is 1.82. The van der Waals surface area contributed by atoms with E-state index in [1.807, 2.05) is 23.8 Å². The van der Waals surface area contributed by atoms with E-state index in [9.17, 15) is 4.79 Å². The summed E-state index contributed by atoms with van der Waals surface area (Å²) in [5, 5.41) is 9.10. The molecule has 0 fully saturated rings. The third-order valence-corrected chi connectivity index (χ3v) is 3.92. The van der Waals surface area contributed by atoms with Crippen LogP contribution in [0.2, 0.25) is 0 Å². The number of carbonyl (C=O) groups is 1. The van der Waals surface area contributed by atoms with Crippen LogP contribution in [0.1, 0.15) is 27.9 Å². The third-order valence-electron chi connectivity index (χ3n) is 2.67. The summed E-state index contributed by atoms with van der Waals surface area (Å²) in [6.07, 6.45) is 7.01. The summed E-state index contributed by atoms with van der Waals surface area (Å²) in [7, 11) is 0. The van der Waals surface area contributed by atoms with Gasteiger partial charge in [0.05, 0.1) is 12.9 Å². The number of carboxylic acids is 1. The molecule has 0 aliphatic carbocycles. The van der Waals surface area contributed by atoms with Gasteiger partial charge < -0.3 is 14.4 Å². The van der Waals surface area contributed by atoms with Crippen molar-refractivity contribution >= 4 is 17.3 Å². The molecule has 0 saturated carbocycles. The number of nitrogens with zero attached hydrogens (tertiary/aromatic N) is 2. The van der Waals surface area contributed by atoms with E-state index >= 15 is 0 Å². The molecule has 102 valence electrons. The first kappa shape index (κ1) is 13.6. The van der Waals surface area contributed by atoms with Crippen molar-refractivity contribution in [2.24, 2.45) is 0 Å². The Balaban J connectivity index is 1.88. The number of thiophene rings is 1. The van der Waals surface area contributed by atoms with Crippen LogP contribution in [0.4, 0.5) is 0 Å². The molecule has 2 aromatic heterocycles. The van der Waals surface area contributed by atoms with E-state index in [-0.39, 0.29) is 0 Å². The molecule has 19 heavy (non-hydrogen) atoms. The minimum absolute atomic E-state index is 0.291. The van der Waals surface area contributed by atoms with Gasteiger partial charge in [0, 0.05) is 23.8 Å². The Morgan fingerprint density at radius 2 is 2.42 bits per heavy atom. The molecule has 5 nitrogen and oxygen atoms in total. The van der Waals surface area contributed by atoms with Crippen molar-refractivity contribution < 1.29 is 14.6 Å². The van der Waals surface area contributed by atoms with Gasteiger partial charge in [0.1, 0.15) is 5.75 Å². The summed E-state index contributed by atoms with van der Waals surface area (Å²) in [4.78, 5) is 16.4. The average molecular weight is 280 g/mol. The van der Waals surface area contributed by atoms with Gasteiger partial charge in [0.2, 0.25) is 0 Å². The lowest BCUT2D eigenvalue weighted by molar-refractivity contribution is 0.0698. The van der Waals surface area contributed by atoms with E-state index in [0.717, 1.165) is 24.3 Å². The van der Waals surface area contributed by atoms with E-state index in [1.165, 1.54) is 11.3 Å². The lowest BCUT2D eigenvalue weighted by Gasteiger charge is -2.05. The lowest BCUT2D eigenvalue weighted by Crippen LogP contribution is -2.04. The van der Waals surface area contributed by atoms with E-state index in [1.54, 1.807) is 12.5 Å². The van der Waals surface area contributed by atoms with Crippen LogP contribution in [-0.4, -0.2) is 27.2 Å². The Kier molecular flexibility index (Phi) is 4.57.